The third-order valence-electron chi connectivity index (χ3n) is 3.94. The molecule has 1 aliphatic rings. The molecule has 5 nitrogen and oxygen atoms in total. The highest BCUT2D eigenvalue weighted by Crippen LogP contribution is 2.43. The van der Waals surface area contributed by atoms with Crippen molar-refractivity contribution in [2.75, 3.05) is 0 Å². The molecule has 1 aromatic carbocycles. The fourth-order valence-corrected chi connectivity index (χ4v) is 2.42. The summed E-state index contributed by atoms with van der Waals surface area (Å²) < 4.78 is 11.3. The molecule has 0 bridgehead atoms. The molecule has 5 heteroatoms. The minimum atomic E-state index is -1.22. The number of carbonyl (C=O) groups is 2. The maximum atomic E-state index is 12.1. The van der Waals surface area contributed by atoms with Gasteiger partial charge in [0, 0.05) is 16.7 Å². The fourth-order valence-electron chi connectivity index (χ4n) is 2.42. The van der Waals surface area contributed by atoms with E-state index >= 15 is 0 Å². The average Bonchev–Trinajstić information content (AvgIpc) is 2.84. The summed E-state index contributed by atoms with van der Waals surface area (Å²) >= 11 is 0. The van der Waals surface area contributed by atoms with Gasteiger partial charge in [-0.2, -0.15) is 0 Å². The molecule has 0 amide bonds. The lowest BCUT2D eigenvalue weighted by Crippen LogP contribution is -2.43. The molecule has 1 aliphatic heterocycles. The molecule has 2 rings (SSSR count). The lowest BCUT2D eigenvalue weighted by atomic mass is 9.93. The SMILES string of the molecule is C/C=C(/C)C(=O)O[C@@H]1c2cc(C(C)=O)ccc2O[C@@H]1C(C)(C)O. The second-order valence-corrected chi connectivity index (χ2v) is 6.30. The maximum Gasteiger partial charge on any atom is 0.334 e. The van der Waals surface area contributed by atoms with Crippen LogP contribution < -0.4 is 4.74 Å². The summed E-state index contributed by atoms with van der Waals surface area (Å²) in [5.74, 6) is -0.0521. The zero-order valence-electron chi connectivity index (χ0n) is 14.0. The number of carbonyl (C=O) groups excluding carboxylic acids is 2. The Morgan fingerprint density at radius 2 is 1.96 bits per heavy atom. The summed E-state index contributed by atoms with van der Waals surface area (Å²) in [7, 11) is 0. The molecule has 0 aromatic heterocycles. The van der Waals surface area contributed by atoms with Crippen molar-refractivity contribution in [3.63, 3.8) is 0 Å². The Morgan fingerprint density at radius 3 is 2.48 bits per heavy atom. The number of hydrogen-bond donors (Lipinski definition) is 1. The zero-order valence-corrected chi connectivity index (χ0v) is 14.0. The number of fused-ring (bicyclic) bond motifs is 1. The molecule has 2 atom stereocenters. The Hall–Kier alpha value is -2.14. The smallest absolute Gasteiger partial charge is 0.334 e. The van der Waals surface area contributed by atoms with Gasteiger partial charge in [0.1, 0.15) is 5.75 Å². The van der Waals surface area contributed by atoms with Crippen molar-refractivity contribution in [1.29, 1.82) is 0 Å². The number of ether oxygens (including phenoxy) is 2. The van der Waals surface area contributed by atoms with Gasteiger partial charge in [0.05, 0.1) is 5.60 Å². The van der Waals surface area contributed by atoms with Crippen LogP contribution in [0.5, 0.6) is 5.75 Å². The molecular formula is C18H22O5. The number of hydrogen-bond acceptors (Lipinski definition) is 5. The van der Waals surface area contributed by atoms with Crippen LogP contribution in [-0.4, -0.2) is 28.6 Å². The Labute approximate surface area is 135 Å². The minimum absolute atomic E-state index is 0.0887. The maximum absolute atomic E-state index is 12.1. The van der Waals surface area contributed by atoms with E-state index in [9.17, 15) is 14.7 Å². The summed E-state index contributed by atoms with van der Waals surface area (Å²) in [4.78, 5) is 23.7. The normalized spacial score (nSPS) is 20.7. The zero-order chi connectivity index (χ0) is 17.4. The Kier molecular flexibility index (Phi) is 4.61. The van der Waals surface area contributed by atoms with Crippen molar-refractivity contribution in [2.24, 2.45) is 0 Å². The molecule has 0 spiro atoms. The lowest BCUT2D eigenvalue weighted by Gasteiger charge is -2.29. The summed E-state index contributed by atoms with van der Waals surface area (Å²) in [6, 6.07) is 4.98. The Balaban J connectivity index is 2.44. The first-order chi connectivity index (χ1) is 10.6. The van der Waals surface area contributed by atoms with E-state index < -0.39 is 23.8 Å². The number of rotatable bonds is 4. The number of aliphatic hydroxyl groups is 1. The van der Waals surface area contributed by atoms with Gasteiger partial charge >= 0.3 is 5.97 Å². The molecule has 0 saturated heterocycles. The molecule has 0 radical (unpaired) electrons. The van der Waals surface area contributed by atoms with Crippen LogP contribution in [0.4, 0.5) is 0 Å². The summed E-state index contributed by atoms with van der Waals surface area (Å²) in [5.41, 5.74) is 0.356. The van der Waals surface area contributed by atoms with Crippen LogP contribution in [-0.2, 0) is 9.53 Å². The molecule has 23 heavy (non-hydrogen) atoms. The number of benzene rings is 1. The van der Waals surface area contributed by atoms with Crippen molar-refractivity contribution in [3.05, 3.63) is 41.0 Å². The highest BCUT2D eigenvalue weighted by molar-refractivity contribution is 5.94. The van der Waals surface area contributed by atoms with Crippen LogP contribution in [0.15, 0.2) is 29.8 Å². The van der Waals surface area contributed by atoms with Crippen LogP contribution in [0, 0.1) is 0 Å². The van der Waals surface area contributed by atoms with Gasteiger partial charge in [0.25, 0.3) is 0 Å². The summed E-state index contributed by atoms with van der Waals surface area (Å²) in [6.07, 6.45) is 0.143. The van der Waals surface area contributed by atoms with E-state index in [-0.39, 0.29) is 5.78 Å². The predicted molar refractivity (Wildman–Crippen MR) is 85.4 cm³/mol. The molecule has 0 aliphatic carbocycles. The number of esters is 1. The lowest BCUT2D eigenvalue weighted by molar-refractivity contribution is -0.155. The quantitative estimate of drug-likeness (QED) is 0.525. The van der Waals surface area contributed by atoms with Gasteiger partial charge in [0.15, 0.2) is 18.0 Å². The van der Waals surface area contributed by atoms with Crippen molar-refractivity contribution in [3.8, 4) is 5.75 Å². The van der Waals surface area contributed by atoms with Crippen molar-refractivity contribution < 1.29 is 24.2 Å². The van der Waals surface area contributed by atoms with Gasteiger partial charge in [-0.25, -0.2) is 4.79 Å². The highest BCUT2D eigenvalue weighted by Gasteiger charge is 2.46. The molecular weight excluding hydrogens is 296 g/mol. The van der Waals surface area contributed by atoms with E-state index in [0.717, 1.165) is 0 Å². The number of allylic oxidation sites excluding steroid dienone is 1. The van der Waals surface area contributed by atoms with Crippen LogP contribution >= 0.6 is 0 Å². The van der Waals surface area contributed by atoms with E-state index in [0.29, 0.717) is 22.4 Å². The first-order valence-electron chi connectivity index (χ1n) is 7.53. The molecule has 124 valence electrons. The number of Topliss-reactive ketones (excluding diaryl/α,β-unsaturated/α-hetero) is 1. The van der Waals surface area contributed by atoms with Gasteiger partial charge in [-0.15, -0.1) is 0 Å². The summed E-state index contributed by atoms with van der Waals surface area (Å²) in [6.45, 7) is 8.06. The third-order valence-corrected chi connectivity index (χ3v) is 3.94. The molecule has 0 unspecified atom stereocenters. The second-order valence-electron chi connectivity index (χ2n) is 6.30. The van der Waals surface area contributed by atoms with E-state index in [1.54, 1.807) is 52.0 Å². The van der Waals surface area contributed by atoms with Gasteiger partial charge < -0.3 is 14.6 Å². The molecule has 1 N–H and O–H groups in total. The average molecular weight is 318 g/mol. The van der Waals surface area contributed by atoms with E-state index in [4.69, 9.17) is 9.47 Å². The van der Waals surface area contributed by atoms with Crippen LogP contribution in [0.1, 0.15) is 56.6 Å². The second kappa shape index (κ2) is 6.16. The van der Waals surface area contributed by atoms with Crippen LogP contribution in [0.2, 0.25) is 0 Å². The van der Waals surface area contributed by atoms with E-state index in [1.807, 2.05) is 0 Å². The summed E-state index contributed by atoms with van der Waals surface area (Å²) in [5, 5.41) is 10.3. The van der Waals surface area contributed by atoms with Gasteiger partial charge in [-0.1, -0.05) is 6.08 Å². The predicted octanol–water partition coefficient (Wildman–Crippen LogP) is 2.97. The topological polar surface area (TPSA) is 72.8 Å². The van der Waals surface area contributed by atoms with E-state index in [1.165, 1.54) is 6.92 Å². The monoisotopic (exact) mass is 318 g/mol. The first-order valence-corrected chi connectivity index (χ1v) is 7.53. The molecule has 1 aromatic rings. The van der Waals surface area contributed by atoms with Crippen molar-refractivity contribution in [1.82, 2.24) is 0 Å². The molecule has 1 heterocycles. The van der Waals surface area contributed by atoms with Gasteiger partial charge in [-0.3, -0.25) is 4.79 Å². The van der Waals surface area contributed by atoms with Crippen molar-refractivity contribution >= 4 is 11.8 Å². The molecule has 0 saturated carbocycles. The first kappa shape index (κ1) is 17.2. The standard InChI is InChI=1S/C18H22O5/c1-6-10(2)17(20)23-15-13-9-12(11(3)19)7-8-14(13)22-16(15)18(4,5)21/h6-9,15-16,21H,1-5H3/b10-6-/t15-,16+/m1/s1. The molecule has 0 fully saturated rings. The van der Waals surface area contributed by atoms with Gasteiger partial charge in [0.2, 0.25) is 0 Å². The third kappa shape index (κ3) is 3.45. The van der Waals surface area contributed by atoms with Crippen molar-refractivity contribution in [2.45, 2.75) is 52.4 Å². The Morgan fingerprint density at radius 1 is 1.30 bits per heavy atom. The Bertz CT molecular complexity index is 666. The van der Waals surface area contributed by atoms with Crippen LogP contribution in [0.3, 0.4) is 0 Å². The van der Waals surface area contributed by atoms with Gasteiger partial charge in [-0.05, 0) is 52.8 Å². The number of ketones is 1. The highest BCUT2D eigenvalue weighted by atomic mass is 16.6. The minimum Gasteiger partial charge on any atom is -0.483 e. The van der Waals surface area contributed by atoms with E-state index in [2.05, 4.69) is 0 Å². The largest absolute Gasteiger partial charge is 0.483 e. The van der Waals surface area contributed by atoms with Crippen LogP contribution in [0.25, 0.3) is 0 Å². The fraction of sp³-hybridized carbons (Fsp3) is 0.444.